The van der Waals surface area contributed by atoms with Gasteiger partial charge in [0.2, 0.25) is 0 Å². The Morgan fingerprint density at radius 2 is 1.77 bits per heavy atom. The van der Waals surface area contributed by atoms with Crippen molar-refractivity contribution in [3.05, 3.63) is 45.6 Å². The Morgan fingerprint density at radius 3 is 2.31 bits per heavy atom. The van der Waals surface area contributed by atoms with E-state index in [9.17, 15) is 0 Å². The van der Waals surface area contributed by atoms with Gasteiger partial charge in [-0.3, -0.25) is 0 Å². The first-order chi connectivity index (χ1) is 6.27. The van der Waals surface area contributed by atoms with Crippen LogP contribution in [0.4, 0.5) is 0 Å². The van der Waals surface area contributed by atoms with Crippen LogP contribution in [0.3, 0.4) is 0 Å². The smallest absolute Gasteiger partial charge is 0.0591 e. The summed E-state index contributed by atoms with van der Waals surface area (Å²) in [7, 11) is 0. The topological polar surface area (TPSA) is 0 Å². The van der Waals surface area contributed by atoms with Gasteiger partial charge in [0.15, 0.2) is 0 Å². The molecule has 0 aliphatic rings. The van der Waals surface area contributed by atoms with E-state index in [0.717, 1.165) is 10.6 Å². The molecule has 2 aromatic rings. The first-order valence-electron chi connectivity index (χ1n) is 4.06. The highest BCUT2D eigenvalue weighted by atomic mass is 35.5. The third-order valence-electron chi connectivity index (χ3n) is 1.98. The lowest BCUT2D eigenvalue weighted by Gasteiger charge is -1.99. The zero-order valence-electron chi connectivity index (χ0n) is 7.25. The van der Waals surface area contributed by atoms with E-state index in [1.165, 1.54) is 11.1 Å². The molecule has 0 fully saturated rings. The van der Waals surface area contributed by atoms with Crippen LogP contribution in [-0.4, -0.2) is 0 Å². The van der Waals surface area contributed by atoms with Crippen molar-refractivity contribution in [2.24, 2.45) is 0 Å². The van der Waals surface area contributed by atoms with Gasteiger partial charge in [0.1, 0.15) is 0 Å². The minimum absolute atomic E-state index is 0.842. The molecule has 0 nitrogen and oxygen atoms in total. The zero-order valence-corrected chi connectivity index (χ0v) is 8.82. The van der Waals surface area contributed by atoms with Crippen molar-refractivity contribution < 1.29 is 0 Å². The lowest BCUT2D eigenvalue weighted by Crippen LogP contribution is -1.75. The van der Waals surface area contributed by atoms with Gasteiger partial charge in [-0.15, -0.1) is 0 Å². The molecule has 0 spiro atoms. The molecule has 1 heterocycles. The highest BCUT2D eigenvalue weighted by Crippen LogP contribution is 2.31. The van der Waals surface area contributed by atoms with Crippen LogP contribution in [-0.2, 0) is 0 Å². The Kier molecular flexibility index (Phi) is 2.38. The van der Waals surface area contributed by atoms with Crippen molar-refractivity contribution in [2.45, 2.75) is 6.92 Å². The molecule has 1 aromatic carbocycles. The molecule has 0 saturated heterocycles. The number of halogens is 1. The lowest BCUT2D eigenvalue weighted by atomic mass is 10.1. The predicted octanol–water partition coefficient (Wildman–Crippen LogP) is 4.38. The Labute approximate surface area is 86.8 Å². The van der Waals surface area contributed by atoms with Crippen LogP contribution in [0, 0.1) is 6.92 Å². The number of hydrogen-bond donors (Lipinski definition) is 0. The molecule has 2 heteroatoms. The van der Waals surface area contributed by atoms with E-state index in [0.29, 0.717) is 0 Å². The number of aryl methyl sites for hydroxylation is 1. The molecule has 0 atom stereocenters. The van der Waals surface area contributed by atoms with E-state index in [1.807, 2.05) is 5.38 Å². The van der Waals surface area contributed by atoms with Crippen LogP contribution in [0.25, 0.3) is 11.1 Å². The fraction of sp³-hybridized carbons (Fsp3) is 0.0909. The molecular weight excluding hydrogens is 200 g/mol. The first kappa shape index (κ1) is 8.79. The average Bonchev–Trinajstić information content (AvgIpc) is 2.53. The van der Waals surface area contributed by atoms with Gasteiger partial charge in [-0.2, -0.15) is 11.3 Å². The first-order valence-corrected chi connectivity index (χ1v) is 5.38. The van der Waals surface area contributed by atoms with E-state index in [-0.39, 0.29) is 0 Å². The molecule has 0 unspecified atom stereocenters. The van der Waals surface area contributed by atoms with Crippen molar-refractivity contribution in [1.82, 2.24) is 0 Å². The largest absolute Gasteiger partial charge is 0.150 e. The van der Waals surface area contributed by atoms with E-state index in [2.05, 4.69) is 36.6 Å². The summed E-state index contributed by atoms with van der Waals surface area (Å²) in [5, 5.41) is 4.87. The SMILES string of the molecule is Cc1ccc(-c2cscc2Cl)cc1. The number of benzene rings is 1. The molecule has 0 aliphatic heterocycles. The van der Waals surface area contributed by atoms with Gasteiger partial charge in [0.25, 0.3) is 0 Å². The van der Waals surface area contributed by atoms with E-state index in [4.69, 9.17) is 11.6 Å². The fourth-order valence-electron chi connectivity index (χ4n) is 1.22. The summed E-state index contributed by atoms with van der Waals surface area (Å²) in [4.78, 5) is 0. The van der Waals surface area contributed by atoms with Gasteiger partial charge in [0.05, 0.1) is 5.02 Å². The highest BCUT2D eigenvalue weighted by molar-refractivity contribution is 7.09. The molecule has 0 aliphatic carbocycles. The van der Waals surface area contributed by atoms with Gasteiger partial charge in [-0.1, -0.05) is 41.4 Å². The minimum Gasteiger partial charge on any atom is -0.150 e. The van der Waals surface area contributed by atoms with Crippen LogP contribution >= 0.6 is 22.9 Å². The van der Waals surface area contributed by atoms with Crippen molar-refractivity contribution in [3.8, 4) is 11.1 Å². The Hall–Kier alpha value is -0.790. The van der Waals surface area contributed by atoms with Gasteiger partial charge >= 0.3 is 0 Å². The summed E-state index contributed by atoms with van der Waals surface area (Å²) >= 11 is 7.66. The Bertz CT molecular complexity index is 400. The molecule has 66 valence electrons. The number of rotatable bonds is 1. The van der Waals surface area contributed by atoms with Crippen molar-refractivity contribution >= 4 is 22.9 Å². The minimum atomic E-state index is 0.842. The molecule has 0 radical (unpaired) electrons. The van der Waals surface area contributed by atoms with Gasteiger partial charge in [-0.05, 0) is 12.5 Å². The lowest BCUT2D eigenvalue weighted by molar-refractivity contribution is 1.47. The normalized spacial score (nSPS) is 10.3. The summed E-state index contributed by atoms with van der Waals surface area (Å²) in [5.74, 6) is 0. The maximum atomic E-state index is 6.02. The summed E-state index contributed by atoms with van der Waals surface area (Å²) in [6.45, 7) is 2.08. The highest BCUT2D eigenvalue weighted by Gasteiger charge is 2.02. The number of thiophene rings is 1. The van der Waals surface area contributed by atoms with Crippen LogP contribution in [0.1, 0.15) is 5.56 Å². The van der Waals surface area contributed by atoms with Gasteiger partial charge in [0, 0.05) is 16.3 Å². The summed E-state index contributed by atoms with van der Waals surface area (Å²) in [6, 6.07) is 8.40. The zero-order chi connectivity index (χ0) is 9.26. The maximum Gasteiger partial charge on any atom is 0.0591 e. The molecule has 1 aromatic heterocycles. The van der Waals surface area contributed by atoms with Crippen molar-refractivity contribution in [3.63, 3.8) is 0 Å². The average molecular weight is 209 g/mol. The Balaban J connectivity index is 2.47. The monoisotopic (exact) mass is 208 g/mol. The fourth-order valence-corrected chi connectivity index (χ4v) is 2.32. The van der Waals surface area contributed by atoms with Crippen molar-refractivity contribution in [2.75, 3.05) is 0 Å². The summed E-state index contributed by atoms with van der Waals surface area (Å²) in [6.07, 6.45) is 0. The second-order valence-corrected chi connectivity index (χ2v) is 4.15. The van der Waals surface area contributed by atoms with Crippen LogP contribution < -0.4 is 0 Å². The van der Waals surface area contributed by atoms with Crippen LogP contribution in [0.2, 0.25) is 5.02 Å². The van der Waals surface area contributed by atoms with E-state index < -0.39 is 0 Å². The quantitative estimate of drug-likeness (QED) is 0.653. The molecule has 13 heavy (non-hydrogen) atoms. The molecular formula is C11H9ClS. The van der Waals surface area contributed by atoms with Gasteiger partial charge < -0.3 is 0 Å². The molecule has 0 bridgehead atoms. The predicted molar refractivity (Wildman–Crippen MR) is 59.5 cm³/mol. The van der Waals surface area contributed by atoms with Gasteiger partial charge in [-0.25, -0.2) is 0 Å². The maximum absolute atomic E-state index is 6.02. The van der Waals surface area contributed by atoms with Crippen molar-refractivity contribution in [1.29, 1.82) is 0 Å². The number of hydrogen-bond acceptors (Lipinski definition) is 1. The molecule has 2 rings (SSSR count). The van der Waals surface area contributed by atoms with E-state index in [1.54, 1.807) is 11.3 Å². The van der Waals surface area contributed by atoms with Crippen LogP contribution in [0.5, 0.6) is 0 Å². The second kappa shape index (κ2) is 3.52. The molecule has 0 saturated carbocycles. The third-order valence-corrected chi connectivity index (χ3v) is 3.16. The van der Waals surface area contributed by atoms with Crippen LogP contribution in [0.15, 0.2) is 35.0 Å². The summed E-state index contributed by atoms with van der Waals surface area (Å²) in [5.41, 5.74) is 3.60. The standard InChI is InChI=1S/C11H9ClS/c1-8-2-4-9(5-3-8)10-6-13-7-11(10)12/h2-7H,1H3. The Morgan fingerprint density at radius 1 is 1.08 bits per heavy atom. The van der Waals surface area contributed by atoms with E-state index >= 15 is 0 Å². The third kappa shape index (κ3) is 1.77. The second-order valence-electron chi connectivity index (χ2n) is 3.00. The molecule has 0 amide bonds. The molecule has 0 N–H and O–H groups in total. The summed E-state index contributed by atoms with van der Waals surface area (Å²) < 4.78 is 0.